The second kappa shape index (κ2) is 8.05. The third-order valence-corrected chi connectivity index (χ3v) is 2.98. The van der Waals surface area contributed by atoms with Crippen LogP contribution in [0, 0.1) is 0 Å². The summed E-state index contributed by atoms with van der Waals surface area (Å²) in [7, 11) is 1.27. The van der Waals surface area contributed by atoms with Gasteiger partial charge in [-0.25, -0.2) is 4.79 Å². The monoisotopic (exact) mass is 260 g/mol. The fourth-order valence-electron chi connectivity index (χ4n) is 1.53. The summed E-state index contributed by atoms with van der Waals surface area (Å²) in [4.78, 5) is 22.4. The lowest BCUT2D eigenvalue weighted by Crippen LogP contribution is -2.50. The van der Waals surface area contributed by atoms with Crippen LogP contribution in [-0.2, 0) is 14.3 Å². The highest BCUT2D eigenvalue weighted by Crippen LogP contribution is 2.12. The van der Waals surface area contributed by atoms with Crippen LogP contribution in [0.5, 0.6) is 0 Å². The fourth-order valence-corrected chi connectivity index (χ4v) is 1.53. The van der Waals surface area contributed by atoms with Gasteiger partial charge >= 0.3 is 5.97 Å². The second-order valence-electron chi connectivity index (χ2n) is 4.34. The summed E-state index contributed by atoms with van der Waals surface area (Å²) < 4.78 is 4.59. The molecule has 18 heavy (non-hydrogen) atoms. The minimum absolute atomic E-state index is 0.231. The largest absolute Gasteiger partial charge is 0.467 e. The number of methoxy groups -OCH3 is 1. The highest BCUT2D eigenvalue weighted by molar-refractivity contribution is 5.83. The van der Waals surface area contributed by atoms with Crippen molar-refractivity contribution in [1.82, 2.24) is 10.6 Å². The highest BCUT2D eigenvalue weighted by Gasteiger charge is 2.24. The topological polar surface area (TPSA) is 87.7 Å². The van der Waals surface area contributed by atoms with E-state index in [0.717, 1.165) is 0 Å². The molecule has 0 saturated carbocycles. The van der Waals surface area contributed by atoms with Crippen LogP contribution in [0.1, 0.15) is 33.6 Å². The van der Waals surface area contributed by atoms with Gasteiger partial charge in [-0.15, -0.1) is 0 Å². The average molecular weight is 260 g/mol. The smallest absolute Gasteiger partial charge is 0.329 e. The number of aliphatic hydroxyl groups is 1. The number of carbonyl (C=O) groups excluding carboxylic acids is 2. The first-order valence-corrected chi connectivity index (χ1v) is 6.16. The van der Waals surface area contributed by atoms with E-state index in [4.69, 9.17) is 0 Å². The first-order chi connectivity index (χ1) is 8.38. The van der Waals surface area contributed by atoms with E-state index >= 15 is 0 Å². The van der Waals surface area contributed by atoms with E-state index in [9.17, 15) is 14.7 Å². The number of carbonyl (C=O) groups is 2. The van der Waals surface area contributed by atoms with Gasteiger partial charge in [0.2, 0.25) is 5.91 Å². The standard InChI is InChI=1S/C12H24N2O4/c1-5-12(17,6-2)8-13-7-10(11(16)18-4)14-9(3)15/h10,13,17H,5-8H2,1-4H3,(H,14,15). The molecule has 0 fully saturated rings. The molecule has 0 saturated heterocycles. The number of ether oxygens (including phenoxy) is 1. The van der Waals surface area contributed by atoms with Crippen molar-refractivity contribution in [3.05, 3.63) is 0 Å². The summed E-state index contributed by atoms with van der Waals surface area (Å²) >= 11 is 0. The van der Waals surface area contributed by atoms with Crippen LogP contribution in [0.25, 0.3) is 0 Å². The first-order valence-electron chi connectivity index (χ1n) is 6.16. The normalized spacial score (nSPS) is 12.9. The summed E-state index contributed by atoms with van der Waals surface area (Å²) in [5.74, 6) is -0.803. The lowest BCUT2D eigenvalue weighted by molar-refractivity contribution is -0.144. The molecular weight excluding hydrogens is 236 g/mol. The van der Waals surface area contributed by atoms with Gasteiger partial charge in [-0.05, 0) is 12.8 Å². The zero-order valence-corrected chi connectivity index (χ0v) is 11.6. The van der Waals surface area contributed by atoms with Gasteiger partial charge in [0.25, 0.3) is 0 Å². The van der Waals surface area contributed by atoms with Gasteiger partial charge in [0.05, 0.1) is 12.7 Å². The number of hydrogen-bond acceptors (Lipinski definition) is 5. The van der Waals surface area contributed by atoms with Gasteiger partial charge in [-0.2, -0.15) is 0 Å². The molecular formula is C12H24N2O4. The van der Waals surface area contributed by atoms with E-state index in [1.54, 1.807) is 0 Å². The van der Waals surface area contributed by atoms with Crippen molar-refractivity contribution in [3.63, 3.8) is 0 Å². The maximum Gasteiger partial charge on any atom is 0.329 e. The molecule has 1 atom stereocenters. The Morgan fingerprint density at radius 2 is 1.89 bits per heavy atom. The van der Waals surface area contributed by atoms with E-state index in [1.807, 2.05) is 13.8 Å². The first kappa shape index (κ1) is 16.9. The van der Waals surface area contributed by atoms with Crippen LogP contribution in [0.3, 0.4) is 0 Å². The zero-order valence-electron chi connectivity index (χ0n) is 11.6. The number of hydrogen-bond donors (Lipinski definition) is 3. The molecule has 0 aromatic heterocycles. The number of rotatable bonds is 8. The van der Waals surface area contributed by atoms with Crippen molar-refractivity contribution in [2.24, 2.45) is 0 Å². The Labute approximate surface area is 108 Å². The minimum atomic E-state index is -0.781. The summed E-state index contributed by atoms with van der Waals surface area (Å²) in [6.45, 7) is 5.74. The molecule has 0 aliphatic carbocycles. The molecule has 0 radical (unpaired) electrons. The predicted molar refractivity (Wildman–Crippen MR) is 68.0 cm³/mol. The van der Waals surface area contributed by atoms with E-state index < -0.39 is 17.6 Å². The Morgan fingerprint density at radius 1 is 1.33 bits per heavy atom. The number of nitrogens with one attached hydrogen (secondary N) is 2. The van der Waals surface area contributed by atoms with Crippen molar-refractivity contribution in [2.75, 3.05) is 20.2 Å². The van der Waals surface area contributed by atoms with Crippen LogP contribution < -0.4 is 10.6 Å². The van der Waals surface area contributed by atoms with Crippen molar-refractivity contribution in [3.8, 4) is 0 Å². The molecule has 6 nitrogen and oxygen atoms in total. The van der Waals surface area contributed by atoms with Gasteiger partial charge in [0, 0.05) is 20.0 Å². The second-order valence-corrected chi connectivity index (χ2v) is 4.34. The van der Waals surface area contributed by atoms with Crippen molar-refractivity contribution >= 4 is 11.9 Å². The Kier molecular flexibility index (Phi) is 7.54. The van der Waals surface area contributed by atoms with Gasteiger partial charge in [0.15, 0.2) is 0 Å². The molecule has 1 amide bonds. The molecule has 0 heterocycles. The van der Waals surface area contributed by atoms with Crippen LogP contribution in [-0.4, -0.2) is 48.8 Å². The van der Waals surface area contributed by atoms with Gasteiger partial charge in [-0.3, -0.25) is 4.79 Å². The van der Waals surface area contributed by atoms with E-state index in [0.29, 0.717) is 19.4 Å². The molecule has 6 heteroatoms. The van der Waals surface area contributed by atoms with Crippen molar-refractivity contribution < 1.29 is 19.4 Å². The van der Waals surface area contributed by atoms with Crippen LogP contribution in [0.4, 0.5) is 0 Å². The summed E-state index contributed by atoms with van der Waals surface area (Å²) in [6, 6.07) is -0.731. The molecule has 0 aliphatic heterocycles. The van der Waals surface area contributed by atoms with E-state index in [2.05, 4.69) is 15.4 Å². The van der Waals surface area contributed by atoms with Crippen LogP contribution >= 0.6 is 0 Å². The number of amides is 1. The summed E-state index contributed by atoms with van der Waals surface area (Å²) in [5.41, 5.74) is -0.781. The SMILES string of the molecule is CCC(O)(CC)CNCC(NC(C)=O)C(=O)OC. The Balaban J connectivity index is 4.27. The maximum atomic E-state index is 11.4. The molecule has 106 valence electrons. The third-order valence-electron chi connectivity index (χ3n) is 2.98. The number of esters is 1. The predicted octanol–water partition coefficient (Wildman–Crippen LogP) is -0.195. The highest BCUT2D eigenvalue weighted by atomic mass is 16.5. The summed E-state index contributed by atoms with van der Waals surface area (Å²) in [5, 5.41) is 15.5. The van der Waals surface area contributed by atoms with E-state index in [1.165, 1.54) is 14.0 Å². The van der Waals surface area contributed by atoms with E-state index in [-0.39, 0.29) is 12.5 Å². The quantitative estimate of drug-likeness (QED) is 0.526. The molecule has 3 N–H and O–H groups in total. The fraction of sp³-hybridized carbons (Fsp3) is 0.833. The lowest BCUT2D eigenvalue weighted by Gasteiger charge is -2.26. The summed E-state index contributed by atoms with van der Waals surface area (Å²) in [6.07, 6.45) is 1.25. The Bertz CT molecular complexity index is 277. The molecule has 1 unspecified atom stereocenters. The van der Waals surface area contributed by atoms with Gasteiger partial charge in [0.1, 0.15) is 6.04 Å². The lowest BCUT2D eigenvalue weighted by atomic mass is 9.97. The average Bonchev–Trinajstić information content (AvgIpc) is 2.35. The van der Waals surface area contributed by atoms with Crippen molar-refractivity contribution in [1.29, 1.82) is 0 Å². The van der Waals surface area contributed by atoms with Crippen LogP contribution in [0.15, 0.2) is 0 Å². The van der Waals surface area contributed by atoms with Crippen LogP contribution in [0.2, 0.25) is 0 Å². The minimum Gasteiger partial charge on any atom is -0.467 e. The molecule has 0 rings (SSSR count). The molecule has 0 aromatic rings. The van der Waals surface area contributed by atoms with Gasteiger partial charge in [-0.1, -0.05) is 13.8 Å². The van der Waals surface area contributed by atoms with Crippen molar-refractivity contribution in [2.45, 2.75) is 45.3 Å². The molecule has 0 aliphatic rings. The molecule has 0 aromatic carbocycles. The Morgan fingerprint density at radius 3 is 2.28 bits per heavy atom. The Hall–Kier alpha value is -1.14. The molecule has 0 bridgehead atoms. The zero-order chi connectivity index (χ0) is 14.2. The van der Waals surface area contributed by atoms with Gasteiger partial charge < -0.3 is 20.5 Å². The maximum absolute atomic E-state index is 11.4. The molecule has 0 spiro atoms. The third kappa shape index (κ3) is 5.97.